The molecule has 0 saturated carbocycles. The first-order valence-corrected chi connectivity index (χ1v) is 7.12. The maximum Gasteiger partial charge on any atom is 0.338 e. The van der Waals surface area contributed by atoms with Crippen LogP contribution >= 0.6 is 0 Å². The van der Waals surface area contributed by atoms with Crippen LogP contribution < -0.4 is 5.32 Å². The Morgan fingerprint density at radius 3 is 3.05 bits per heavy atom. The van der Waals surface area contributed by atoms with Crippen molar-refractivity contribution in [2.45, 2.75) is 26.3 Å². The van der Waals surface area contributed by atoms with Crippen molar-refractivity contribution in [2.24, 2.45) is 5.92 Å². The van der Waals surface area contributed by atoms with Gasteiger partial charge in [0.25, 0.3) is 0 Å². The minimum Gasteiger partial charge on any atom is -0.465 e. The number of nitrogens with one attached hydrogen (secondary N) is 1. The lowest BCUT2D eigenvalue weighted by Crippen LogP contribution is -2.29. The first-order valence-electron chi connectivity index (χ1n) is 7.12. The number of ether oxygens (including phenoxy) is 1. The topological polar surface area (TPSA) is 54.5 Å². The molecule has 0 radical (unpaired) electrons. The van der Waals surface area contributed by atoms with Crippen LogP contribution in [0, 0.1) is 5.92 Å². The quantitative estimate of drug-likeness (QED) is 0.834. The summed E-state index contributed by atoms with van der Waals surface area (Å²) in [5.41, 5.74) is 0.528. The highest BCUT2D eigenvalue weighted by molar-refractivity contribution is 5.89. The van der Waals surface area contributed by atoms with Gasteiger partial charge in [-0.15, -0.1) is 0 Å². The summed E-state index contributed by atoms with van der Waals surface area (Å²) in [5, 5.41) is 3.32. The molecule has 5 heteroatoms. The van der Waals surface area contributed by atoms with Crippen LogP contribution in [0.3, 0.4) is 0 Å². The maximum absolute atomic E-state index is 11.5. The van der Waals surface area contributed by atoms with Gasteiger partial charge in [-0.1, -0.05) is 0 Å². The molecule has 1 atom stereocenters. The summed E-state index contributed by atoms with van der Waals surface area (Å²) < 4.78 is 4.71. The number of carbonyl (C=O) groups excluding carboxylic acids is 1. The molecule has 1 aromatic heterocycles. The van der Waals surface area contributed by atoms with Gasteiger partial charge in [0, 0.05) is 25.3 Å². The molecule has 5 nitrogen and oxygen atoms in total. The summed E-state index contributed by atoms with van der Waals surface area (Å²) in [4.78, 5) is 18.2. The van der Waals surface area contributed by atoms with Gasteiger partial charge in [0.1, 0.15) is 5.82 Å². The third kappa shape index (κ3) is 3.70. The lowest BCUT2D eigenvalue weighted by molar-refractivity contribution is 0.0600. The van der Waals surface area contributed by atoms with Gasteiger partial charge < -0.3 is 15.0 Å². The Labute approximate surface area is 120 Å². The van der Waals surface area contributed by atoms with Crippen LogP contribution in [-0.2, 0) is 4.74 Å². The molecule has 1 fully saturated rings. The summed E-state index contributed by atoms with van der Waals surface area (Å²) in [6.07, 6.45) is 2.84. The van der Waals surface area contributed by atoms with Gasteiger partial charge in [0.2, 0.25) is 0 Å². The van der Waals surface area contributed by atoms with Crippen molar-refractivity contribution in [3.05, 3.63) is 23.9 Å². The molecule has 0 aliphatic carbocycles. The van der Waals surface area contributed by atoms with Gasteiger partial charge in [-0.2, -0.15) is 0 Å². The number of hydrogen-bond donors (Lipinski definition) is 1. The summed E-state index contributed by atoms with van der Waals surface area (Å²) in [7, 11) is 1.38. The maximum atomic E-state index is 11.5. The number of hydrogen-bond acceptors (Lipinski definition) is 5. The van der Waals surface area contributed by atoms with E-state index in [1.165, 1.54) is 20.1 Å². The van der Waals surface area contributed by atoms with Crippen molar-refractivity contribution in [2.75, 3.05) is 32.1 Å². The van der Waals surface area contributed by atoms with Gasteiger partial charge in [0.15, 0.2) is 0 Å². The SMILES string of the molecule is COC(=O)c1ccnc(NCC2CCN(C(C)C)C2)c1. The summed E-state index contributed by atoms with van der Waals surface area (Å²) in [6, 6.07) is 4.01. The smallest absolute Gasteiger partial charge is 0.338 e. The minimum absolute atomic E-state index is 0.331. The predicted octanol–water partition coefficient (Wildman–Crippen LogP) is 2.01. The first kappa shape index (κ1) is 14.8. The highest BCUT2D eigenvalue weighted by Crippen LogP contribution is 2.19. The van der Waals surface area contributed by atoms with E-state index < -0.39 is 0 Å². The third-order valence-corrected chi connectivity index (χ3v) is 3.80. The Morgan fingerprint density at radius 1 is 1.60 bits per heavy atom. The molecule has 1 unspecified atom stereocenters. The van der Waals surface area contributed by atoms with E-state index in [4.69, 9.17) is 4.74 Å². The van der Waals surface area contributed by atoms with Crippen molar-refractivity contribution >= 4 is 11.8 Å². The van der Waals surface area contributed by atoms with E-state index >= 15 is 0 Å². The van der Waals surface area contributed by atoms with Gasteiger partial charge in [0.05, 0.1) is 12.7 Å². The summed E-state index contributed by atoms with van der Waals surface area (Å²) >= 11 is 0. The Bertz CT molecular complexity index is 462. The molecular weight excluding hydrogens is 254 g/mol. The average Bonchev–Trinajstić information content (AvgIpc) is 2.93. The van der Waals surface area contributed by atoms with E-state index in [0.717, 1.165) is 18.9 Å². The van der Waals surface area contributed by atoms with Crippen molar-refractivity contribution in [3.63, 3.8) is 0 Å². The molecule has 110 valence electrons. The molecule has 2 rings (SSSR count). The van der Waals surface area contributed by atoms with Gasteiger partial charge in [-0.3, -0.25) is 0 Å². The van der Waals surface area contributed by atoms with Crippen LogP contribution in [0.25, 0.3) is 0 Å². The number of esters is 1. The largest absolute Gasteiger partial charge is 0.465 e. The number of aromatic nitrogens is 1. The molecule has 2 heterocycles. The molecular formula is C15H23N3O2. The van der Waals surface area contributed by atoms with E-state index in [0.29, 0.717) is 17.5 Å². The number of pyridine rings is 1. The molecule has 0 amide bonds. The van der Waals surface area contributed by atoms with Crippen LogP contribution in [-0.4, -0.2) is 48.6 Å². The van der Waals surface area contributed by atoms with Crippen molar-refractivity contribution in [1.82, 2.24) is 9.88 Å². The number of likely N-dealkylation sites (tertiary alicyclic amines) is 1. The van der Waals surface area contributed by atoms with Crippen molar-refractivity contribution in [3.8, 4) is 0 Å². The van der Waals surface area contributed by atoms with Crippen molar-refractivity contribution in [1.29, 1.82) is 0 Å². The number of rotatable bonds is 5. The fourth-order valence-electron chi connectivity index (χ4n) is 2.52. The fraction of sp³-hybridized carbons (Fsp3) is 0.600. The van der Waals surface area contributed by atoms with Crippen LogP contribution in [0.1, 0.15) is 30.6 Å². The van der Waals surface area contributed by atoms with Gasteiger partial charge >= 0.3 is 5.97 Å². The summed E-state index contributed by atoms with van der Waals surface area (Å²) in [5.74, 6) is 1.04. The number of carbonyl (C=O) groups is 1. The zero-order chi connectivity index (χ0) is 14.5. The zero-order valence-corrected chi connectivity index (χ0v) is 12.4. The first-order chi connectivity index (χ1) is 9.60. The molecule has 0 bridgehead atoms. The molecule has 0 aromatic carbocycles. The van der Waals surface area contributed by atoms with E-state index in [1.807, 2.05) is 0 Å². The van der Waals surface area contributed by atoms with Crippen LogP contribution in [0.2, 0.25) is 0 Å². The van der Waals surface area contributed by atoms with E-state index in [1.54, 1.807) is 18.3 Å². The Balaban J connectivity index is 1.87. The zero-order valence-electron chi connectivity index (χ0n) is 12.4. The Morgan fingerprint density at radius 2 is 2.40 bits per heavy atom. The fourth-order valence-corrected chi connectivity index (χ4v) is 2.52. The second kappa shape index (κ2) is 6.70. The normalized spacial score (nSPS) is 19.3. The van der Waals surface area contributed by atoms with Gasteiger partial charge in [-0.25, -0.2) is 9.78 Å². The molecule has 1 aliphatic rings. The molecule has 1 N–H and O–H groups in total. The third-order valence-electron chi connectivity index (χ3n) is 3.80. The van der Waals surface area contributed by atoms with Crippen LogP contribution in [0.15, 0.2) is 18.3 Å². The number of methoxy groups -OCH3 is 1. The average molecular weight is 277 g/mol. The van der Waals surface area contributed by atoms with Crippen LogP contribution in [0.5, 0.6) is 0 Å². The number of nitrogens with zero attached hydrogens (tertiary/aromatic N) is 2. The molecule has 0 spiro atoms. The molecule has 1 aromatic rings. The highest BCUT2D eigenvalue weighted by Gasteiger charge is 2.23. The van der Waals surface area contributed by atoms with E-state index in [2.05, 4.69) is 29.0 Å². The Hall–Kier alpha value is -1.62. The van der Waals surface area contributed by atoms with Crippen LogP contribution in [0.4, 0.5) is 5.82 Å². The number of anilines is 1. The monoisotopic (exact) mass is 277 g/mol. The second-order valence-corrected chi connectivity index (χ2v) is 5.55. The summed E-state index contributed by atoms with van der Waals surface area (Å²) in [6.45, 7) is 7.65. The van der Waals surface area contributed by atoms with Crippen molar-refractivity contribution < 1.29 is 9.53 Å². The standard InChI is InChI=1S/C15H23N3O2/c1-11(2)18-7-5-12(10-18)9-17-14-8-13(4-6-16-14)15(19)20-3/h4,6,8,11-12H,5,7,9-10H2,1-3H3,(H,16,17). The van der Waals surface area contributed by atoms with Gasteiger partial charge in [-0.05, 0) is 44.9 Å². The van der Waals surface area contributed by atoms with E-state index in [-0.39, 0.29) is 5.97 Å². The minimum atomic E-state index is -0.331. The highest BCUT2D eigenvalue weighted by atomic mass is 16.5. The molecule has 20 heavy (non-hydrogen) atoms. The molecule has 1 aliphatic heterocycles. The Kier molecular flexibility index (Phi) is 4.95. The molecule has 1 saturated heterocycles. The van der Waals surface area contributed by atoms with E-state index in [9.17, 15) is 4.79 Å². The lowest BCUT2D eigenvalue weighted by Gasteiger charge is -2.20. The second-order valence-electron chi connectivity index (χ2n) is 5.55. The lowest BCUT2D eigenvalue weighted by atomic mass is 10.1. The predicted molar refractivity (Wildman–Crippen MR) is 78.9 cm³/mol.